The summed E-state index contributed by atoms with van der Waals surface area (Å²) in [4.78, 5) is 48.9. The molecule has 3 fully saturated rings. The molecule has 0 N–H and O–H groups in total. The van der Waals surface area contributed by atoms with Crippen LogP contribution in [0.1, 0.15) is 173 Å². The number of rotatable bonds is 26. The van der Waals surface area contributed by atoms with Gasteiger partial charge in [0.2, 0.25) is 0 Å². The molecule has 3 aliphatic rings. The van der Waals surface area contributed by atoms with Gasteiger partial charge in [-0.1, -0.05) is 281 Å². The van der Waals surface area contributed by atoms with Gasteiger partial charge in [0.25, 0.3) is 0 Å². The van der Waals surface area contributed by atoms with Crippen LogP contribution < -0.4 is 0 Å². The van der Waals surface area contributed by atoms with Gasteiger partial charge in [-0.15, -0.1) is 30.6 Å². The first kappa shape index (κ1) is 96.1. The van der Waals surface area contributed by atoms with Crippen molar-refractivity contribution in [3.63, 3.8) is 0 Å². The summed E-state index contributed by atoms with van der Waals surface area (Å²) in [6, 6.07) is 104. The van der Waals surface area contributed by atoms with Crippen molar-refractivity contribution >= 4 is 0 Å². The molecule has 24 nitrogen and oxygen atoms in total. The molecule has 712 valence electrons. The average molecular weight is 1880 g/mol. The summed E-state index contributed by atoms with van der Waals surface area (Å²) in [7, 11) is 0. The molecule has 24 heteroatoms. The van der Waals surface area contributed by atoms with E-state index in [4.69, 9.17) is 4.98 Å². The second-order valence-electron chi connectivity index (χ2n) is 35.9. The van der Waals surface area contributed by atoms with Crippen molar-refractivity contribution in [2.75, 3.05) is 0 Å². The van der Waals surface area contributed by atoms with Crippen LogP contribution in [0, 0.1) is 17.8 Å². The Morgan fingerprint density at radius 1 is 0.217 bits per heavy atom. The molecular formula is C119H116N24. The third-order valence-electron chi connectivity index (χ3n) is 26.5. The van der Waals surface area contributed by atoms with Gasteiger partial charge in [-0.2, -0.15) is 0 Å². The lowest BCUT2D eigenvalue weighted by atomic mass is 9.92. The SMILES string of the molecule is CC(c1ccc(-c2ccccc2)nc1)n1ccnc1.CC(c1ccc(-c2ccccc2)nc1)n1cnnc1.CCC(c1ccc(-c2ccccc2)nc1)n1ccnc1.CCC(c1ccc(-c2ccccc2)nc1)n1cnnc1.c1ccc(-c2ccc(C(C3CC3)n3ccnc3)cn2)cc1.c1ccc(-c2ccc(C(C3CC3)n3cnnc3)cn2)cc1.c1ccc(-c2ccc(C(C3CCCC3)n3ccnc3)cn2)cc1. The van der Waals surface area contributed by atoms with Crippen molar-refractivity contribution in [1.82, 2.24) is 117 Å². The van der Waals surface area contributed by atoms with Crippen LogP contribution in [-0.2, 0) is 0 Å². The van der Waals surface area contributed by atoms with E-state index in [2.05, 4.69) is 313 Å². The van der Waals surface area contributed by atoms with Crippen LogP contribution in [-0.4, -0.2) is 117 Å². The van der Waals surface area contributed by atoms with Crippen LogP contribution in [0.5, 0.6) is 0 Å². The maximum absolute atomic E-state index is 4.72. The summed E-state index contributed by atoms with van der Waals surface area (Å²) >= 11 is 0. The Bertz CT molecular complexity index is 6750. The Kier molecular flexibility index (Phi) is 32.9. The quantitative estimate of drug-likeness (QED) is 0.0488. The Hall–Kier alpha value is -17.2. The Labute approximate surface area is 835 Å². The monoisotopic (exact) mass is 1880 g/mol. The first-order valence-electron chi connectivity index (χ1n) is 49.2. The van der Waals surface area contributed by atoms with Crippen LogP contribution >= 0.6 is 0 Å². The van der Waals surface area contributed by atoms with Crippen molar-refractivity contribution in [2.24, 2.45) is 17.8 Å². The van der Waals surface area contributed by atoms with Crippen LogP contribution in [0.4, 0.5) is 0 Å². The van der Waals surface area contributed by atoms with Crippen LogP contribution in [0.15, 0.2) is 453 Å². The van der Waals surface area contributed by atoms with E-state index in [0.29, 0.717) is 36.0 Å². The van der Waals surface area contributed by atoms with E-state index in [1.807, 2.05) is 236 Å². The number of imidazole rings is 4. The molecule has 0 aliphatic heterocycles. The van der Waals surface area contributed by atoms with Gasteiger partial charge in [0.05, 0.1) is 107 Å². The molecule has 7 unspecified atom stereocenters. The first-order valence-corrected chi connectivity index (χ1v) is 49.2. The van der Waals surface area contributed by atoms with Crippen molar-refractivity contribution in [3.05, 3.63) is 492 Å². The summed E-state index contributed by atoms with van der Waals surface area (Å²) in [6.45, 7) is 8.56. The summed E-state index contributed by atoms with van der Waals surface area (Å²) < 4.78 is 14.7. The van der Waals surface area contributed by atoms with Gasteiger partial charge in [0.1, 0.15) is 38.0 Å². The molecule has 14 aromatic heterocycles. The predicted octanol–water partition coefficient (Wildman–Crippen LogP) is 25.8. The Morgan fingerprint density at radius 2 is 0.441 bits per heavy atom. The Morgan fingerprint density at radius 3 is 0.692 bits per heavy atom. The largest absolute Gasteiger partial charge is 0.330 e. The molecular weight excluding hydrogens is 1770 g/mol. The maximum atomic E-state index is 4.72. The highest BCUT2D eigenvalue weighted by atomic mass is 15.3. The van der Waals surface area contributed by atoms with Gasteiger partial charge in [-0.3, -0.25) is 34.9 Å². The minimum atomic E-state index is 0.187. The molecule has 0 radical (unpaired) electrons. The number of hydrogen-bond donors (Lipinski definition) is 0. The molecule has 0 amide bonds. The fourth-order valence-electron chi connectivity index (χ4n) is 18.4. The third-order valence-corrected chi connectivity index (χ3v) is 26.5. The second kappa shape index (κ2) is 48.9. The molecule has 0 bridgehead atoms. The van der Waals surface area contributed by atoms with Gasteiger partial charge in [0.15, 0.2) is 0 Å². The summed E-state index contributed by atoms with van der Waals surface area (Å²) in [5.74, 6) is 2.10. The Balaban J connectivity index is 0.000000110. The summed E-state index contributed by atoms with van der Waals surface area (Å²) in [5.41, 5.74) is 23.6. The molecule has 21 aromatic rings. The molecule has 143 heavy (non-hydrogen) atoms. The normalized spacial score (nSPS) is 14.0. The van der Waals surface area contributed by atoms with E-state index in [0.717, 1.165) is 97.6 Å². The van der Waals surface area contributed by atoms with Gasteiger partial charge < -0.3 is 32.0 Å². The van der Waals surface area contributed by atoms with Crippen molar-refractivity contribution in [2.45, 2.75) is 134 Å². The van der Waals surface area contributed by atoms with E-state index in [1.54, 1.807) is 44.2 Å². The number of benzene rings is 7. The van der Waals surface area contributed by atoms with Crippen LogP contribution in [0.3, 0.4) is 0 Å². The molecule has 3 saturated carbocycles. The lowest BCUT2D eigenvalue weighted by molar-refractivity contribution is 0.384. The number of aromatic nitrogens is 24. The van der Waals surface area contributed by atoms with Crippen LogP contribution in [0.25, 0.3) is 78.8 Å². The maximum Gasteiger partial charge on any atom is 0.119 e. The molecule has 0 saturated heterocycles. The molecule has 7 atom stereocenters. The zero-order valence-electron chi connectivity index (χ0n) is 80.8. The molecule has 7 aromatic carbocycles. The van der Waals surface area contributed by atoms with Gasteiger partial charge in [-0.25, -0.2) is 19.9 Å². The van der Waals surface area contributed by atoms with E-state index < -0.39 is 0 Å². The highest BCUT2D eigenvalue weighted by Gasteiger charge is 2.36. The number of pyridine rings is 7. The molecule has 24 rings (SSSR count). The minimum absolute atomic E-state index is 0.187. The predicted molar refractivity (Wildman–Crippen MR) is 563 cm³/mol. The van der Waals surface area contributed by atoms with E-state index in [1.165, 1.54) is 90.3 Å². The number of hydrogen-bond acceptors (Lipinski definition) is 17. The number of nitrogens with zero attached hydrogens (tertiary/aromatic N) is 24. The lowest BCUT2D eigenvalue weighted by Crippen LogP contribution is -2.17. The minimum Gasteiger partial charge on any atom is -0.330 e. The molecule has 3 aliphatic carbocycles. The molecule has 14 heterocycles. The molecule has 0 spiro atoms. The highest BCUT2D eigenvalue weighted by Crippen LogP contribution is 2.46. The standard InChI is InChI=1S/C20H21N3.C18H17N3.C17H16N4.C17H17N3.C16H16N4.C16H15N3.C15H14N4/c1-2-6-16(7-3-1)19-11-10-18(14-22-19)20(17-8-4-5-9-17)23-13-12-21-15-23;1-2-4-14(5-3-1)17-9-8-16(12-20-17)18(15-6-7-15)21-11-10-19-13-21;1-2-4-13(5-3-1)16-9-8-15(10-18-16)17(14-6-7-14)21-11-19-20-12-21;1-2-17(20-11-10-18-13-20)15-8-9-16(19-12-15)14-6-4-3-5-7-14;1-2-16(20-11-18-19-12-20)14-8-9-15(17-10-14)13-6-4-3-5-7-13;1-13(19-10-9-17-12-19)15-7-8-16(18-11-15)14-5-3-2-4-6-14;1-12(19-10-17-18-11-19)14-7-8-15(16-9-14)13-5-3-2-4-6-13/h1-3,6-7,10-15,17,20H,4-5,8-9H2;1-5,8-13,15,18H,6-7H2;1-5,8-12,14,17H,6-7H2;3-13,17H,2H2,1H3;3-12,16H,2H2,1H3;2-13H,1H3;2-12H,1H3. The smallest absolute Gasteiger partial charge is 0.119 e. The fourth-order valence-corrected chi connectivity index (χ4v) is 18.4. The van der Waals surface area contributed by atoms with E-state index in [9.17, 15) is 0 Å². The zero-order valence-corrected chi connectivity index (χ0v) is 80.8. The van der Waals surface area contributed by atoms with E-state index in [-0.39, 0.29) is 18.1 Å². The topological polar surface area (TPSA) is 254 Å². The van der Waals surface area contributed by atoms with Gasteiger partial charge in [-0.05, 0) is 164 Å². The lowest BCUT2D eigenvalue weighted by Gasteiger charge is -2.25. The van der Waals surface area contributed by atoms with Crippen LogP contribution in [0.2, 0.25) is 0 Å². The van der Waals surface area contributed by atoms with Gasteiger partial charge >= 0.3 is 0 Å². The average Bonchev–Trinajstić information content (AvgIpc) is 1.67. The highest BCUT2D eigenvalue weighted by molar-refractivity contribution is 5.64. The summed E-state index contributed by atoms with van der Waals surface area (Å²) in [6.07, 6.45) is 59.7. The van der Waals surface area contributed by atoms with Crippen molar-refractivity contribution < 1.29 is 0 Å². The first-order chi connectivity index (χ1) is 70.7. The van der Waals surface area contributed by atoms with Crippen molar-refractivity contribution in [3.8, 4) is 78.8 Å². The van der Waals surface area contributed by atoms with Gasteiger partial charge in [0, 0.05) is 132 Å². The summed E-state index contributed by atoms with van der Waals surface area (Å²) in [5, 5.41) is 23.3. The van der Waals surface area contributed by atoms with E-state index >= 15 is 0 Å². The second-order valence-corrected chi connectivity index (χ2v) is 35.9. The van der Waals surface area contributed by atoms with Crippen molar-refractivity contribution in [1.29, 1.82) is 0 Å². The zero-order chi connectivity index (χ0) is 97.4. The fraction of sp³-hybridized carbons (Fsp3) is 0.202. The third kappa shape index (κ3) is 25.7.